The Morgan fingerprint density at radius 1 is 1.09 bits per heavy atom. The summed E-state index contributed by atoms with van der Waals surface area (Å²) in [4.78, 5) is 12.5. The average Bonchev–Trinajstić information content (AvgIpc) is 2.75. The van der Waals surface area contributed by atoms with Crippen LogP contribution < -0.4 is 10.6 Å². The van der Waals surface area contributed by atoms with Crippen LogP contribution in [0.15, 0.2) is 42.5 Å². The van der Waals surface area contributed by atoms with Crippen LogP contribution in [0.5, 0.6) is 0 Å². The summed E-state index contributed by atoms with van der Waals surface area (Å²) in [6, 6.07) is 10.5. The van der Waals surface area contributed by atoms with E-state index >= 15 is 0 Å². The number of amides is 1. The van der Waals surface area contributed by atoms with Gasteiger partial charge in [0.2, 0.25) is 5.91 Å². The highest BCUT2D eigenvalue weighted by molar-refractivity contribution is 5.99. The van der Waals surface area contributed by atoms with Gasteiger partial charge in [0, 0.05) is 11.1 Å². The number of para-hydroxylation sites is 2. The number of nitrogens with one attached hydrogen (secondary N) is 2. The Balaban J connectivity index is 1.89. The highest BCUT2D eigenvalue weighted by Gasteiger charge is 2.43. The molecule has 0 bridgehead atoms. The molecule has 22 heavy (non-hydrogen) atoms. The van der Waals surface area contributed by atoms with Gasteiger partial charge < -0.3 is 10.6 Å². The normalized spacial score (nSPS) is 18.5. The van der Waals surface area contributed by atoms with Crippen molar-refractivity contribution in [3.05, 3.63) is 59.7 Å². The van der Waals surface area contributed by atoms with E-state index in [2.05, 4.69) is 10.6 Å². The average molecular weight is 302 g/mol. The lowest BCUT2D eigenvalue weighted by Crippen LogP contribution is -2.44. The van der Waals surface area contributed by atoms with Crippen molar-refractivity contribution in [2.24, 2.45) is 0 Å². The molecule has 2 aromatic rings. The fourth-order valence-electron chi connectivity index (χ4n) is 2.87. The van der Waals surface area contributed by atoms with Gasteiger partial charge in [0.05, 0.1) is 0 Å². The van der Waals surface area contributed by atoms with E-state index in [1.165, 1.54) is 6.07 Å². The molecular weight excluding hydrogens is 286 g/mol. The Labute approximate surface area is 127 Å². The first-order valence-electron chi connectivity index (χ1n) is 7.02. The minimum absolute atomic E-state index is 0.416. The topological polar surface area (TPSA) is 41.1 Å². The number of anilines is 2. The molecule has 1 aliphatic heterocycles. The highest BCUT2D eigenvalue weighted by Crippen LogP contribution is 2.41. The fourth-order valence-corrected chi connectivity index (χ4v) is 2.87. The number of benzene rings is 2. The molecule has 0 saturated heterocycles. The monoisotopic (exact) mass is 302 g/mol. The Kier molecular flexibility index (Phi) is 3.35. The molecule has 3 rings (SSSR count). The molecular formula is C17H16F2N2O. The molecule has 0 fully saturated rings. The van der Waals surface area contributed by atoms with Crippen molar-refractivity contribution in [1.82, 2.24) is 0 Å². The number of rotatable bonds is 2. The molecule has 0 unspecified atom stereocenters. The molecule has 3 nitrogen and oxygen atoms in total. The molecule has 5 heteroatoms. The van der Waals surface area contributed by atoms with Crippen LogP contribution in [0.25, 0.3) is 0 Å². The summed E-state index contributed by atoms with van der Waals surface area (Å²) in [6.45, 7) is 3.85. The molecule has 114 valence electrons. The van der Waals surface area contributed by atoms with Crippen molar-refractivity contribution in [2.45, 2.75) is 25.3 Å². The number of hydrogen-bond acceptors (Lipinski definition) is 2. The van der Waals surface area contributed by atoms with Crippen LogP contribution in [0.4, 0.5) is 20.2 Å². The Morgan fingerprint density at radius 3 is 2.36 bits per heavy atom. The van der Waals surface area contributed by atoms with Crippen molar-refractivity contribution in [1.29, 1.82) is 0 Å². The Morgan fingerprint density at radius 2 is 1.73 bits per heavy atom. The summed E-state index contributed by atoms with van der Waals surface area (Å²) in [7, 11) is 0. The first kappa shape index (κ1) is 14.5. The van der Waals surface area contributed by atoms with Gasteiger partial charge in [-0.05, 0) is 23.8 Å². The standard InChI is InChI=1S/C17H16F2N2O/c1-17(2)10-6-3-4-9-13(10)20-15(17)16(22)21-14-11(18)7-5-8-12(14)19/h3-9,15,20H,1-2H3,(H,21,22)/t15-/m1/s1. The zero-order valence-electron chi connectivity index (χ0n) is 12.3. The second-order valence-corrected chi connectivity index (χ2v) is 5.93. The van der Waals surface area contributed by atoms with Gasteiger partial charge in [-0.15, -0.1) is 0 Å². The quantitative estimate of drug-likeness (QED) is 0.888. The molecule has 0 saturated carbocycles. The number of carbonyl (C=O) groups excluding carboxylic acids is 1. The molecule has 1 heterocycles. The van der Waals surface area contributed by atoms with E-state index in [0.29, 0.717) is 0 Å². The number of hydrogen-bond donors (Lipinski definition) is 2. The van der Waals surface area contributed by atoms with E-state index in [0.717, 1.165) is 23.4 Å². The van der Waals surface area contributed by atoms with Crippen LogP contribution in [0.2, 0.25) is 0 Å². The molecule has 0 radical (unpaired) electrons. The molecule has 1 aliphatic rings. The van der Waals surface area contributed by atoms with Crippen molar-refractivity contribution < 1.29 is 13.6 Å². The second kappa shape index (κ2) is 5.09. The number of carbonyl (C=O) groups is 1. The SMILES string of the molecule is CC1(C)c2ccccc2N[C@@H]1C(=O)Nc1c(F)cccc1F. The summed E-state index contributed by atoms with van der Waals surface area (Å²) in [5.41, 5.74) is 0.967. The molecule has 0 aliphatic carbocycles. The van der Waals surface area contributed by atoms with Crippen LogP contribution in [-0.2, 0) is 10.2 Å². The maximum Gasteiger partial charge on any atom is 0.247 e. The first-order chi connectivity index (χ1) is 10.4. The van der Waals surface area contributed by atoms with E-state index < -0.39 is 34.7 Å². The van der Waals surface area contributed by atoms with E-state index in [-0.39, 0.29) is 0 Å². The molecule has 1 amide bonds. The Bertz CT molecular complexity index is 723. The van der Waals surface area contributed by atoms with E-state index in [9.17, 15) is 13.6 Å². The summed E-state index contributed by atoms with van der Waals surface area (Å²) >= 11 is 0. The Hall–Kier alpha value is -2.43. The van der Waals surface area contributed by atoms with Crippen LogP contribution in [0.1, 0.15) is 19.4 Å². The number of halogens is 2. The molecule has 2 N–H and O–H groups in total. The molecule has 0 aromatic heterocycles. The minimum Gasteiger partial charge on any atom is -0.373 e. The smallest absolute Gasteiger partial charge is 0.247 e. The second-order valence-electron chi connectivity index (χ2n) is 5.93. The third-order valence-electron chi connectivity index (χ3n) is 4.12. The third kappa shape index (κ3) is 2.22. The highest BCUT2D eigenvalue weighted by atomic mass is 19.1. The zero-order valence-corrected chi connectivity index (χ0v) is 12.3. The maximum absolute atomic E-state index is 13.7. The molecule has 1 atom stereocenters. The zero-order chi connectivity index (χ0) is 15.9. The lowest BCUT2D eigenvalue weighted by atomic mass is 9.80. The van der Waals surface area contributed by atoms with Gasteiger partial charge in [0.25, 0.3) is 0 Å². The van der Waals surface area contributed by atoms with Crippen LogP contribution in [0, 0.1) is 11.6 Å². The van der Waals surface area contributed by atoms with Gasteiger partial charge in [0.1, 0.15) is 23.4 Å². The van der Waals surface area contributed by atoms with Crippen LogP contribution >= 0.6 is 0 Å². The lowest BCUT2D eigenvalue weighted by Gasteiger charge is -2.26. The van der Waals surface area contributed by atoms with Crippen molar-refractivity contribution >= 4 is 17.3 Å². The fraction of sp³-hybridized carbons (Fsp3) is 0.235. The van der Waals surface area contributed by atoms with E-state index in [4.69, 9.17) is 0 Å². The van der Waals surface area contributed by atoms with Crippen molar-refractivity contribution in [3.8, 4) is 0 Å². The minimum atomic E-state index is -0.790. The summed E-state index contributed by atoms with van der Waals surface area (Å²) in [5.74, 6) is -2.05. The van der Waals surface area contributed by atoms with E-state index in [1.807, 2.05) is 38.1 Å². The predicted molar refractivity (Wildman–Crippen MR) is 81.9 cm³/mol. The van der Waals surface area contributed by atoms with Crippen LogP contribution in [0.3, 0.4) is 0 Å². The summed E-state index contributed by atoms with van der Waals surface area (Å²) < 4.78 is 27.4. The van der Waals surface area contributed by atoms with Crippen LogP contribution in [-0.4, -0.2) is 11.9 Å². The van der Waals surface area contributed by atoms with Gasteiger partial charge >= 0.3 is 0 Å². The lowest BCUT2D eigenvalue weighted by molar-refractivity contribution is -0.117. The van der Waals surface area contributed by atoms with E-state index in [1.54, 1.807) is 0 Å². The van der Waals surface area contributed by atoms with Gasteiger partial charge in [0.15, 0.2) is 0 Å². The van der Waals surface area contributed by atoms with Crippen molar-refractivity contribution in [2.75, 3.05) is 10.6 Å². The van der Waals surface area contributed by atoms with Gasteiger partial charge in [-0.1, -0.05) is 38.1 Å². The van der Waals surface area contributed by atoms with Gasteiger partial charge in [-0.25, -0.2) is 8.78 Å². The first-order valence-corrected chi connectivity index (χ1v) is 7.02. The third-order valence-corrected chi connectivity index (χ3v) is 4.12. The maximum atomic E-state index is 13.7. The summed E-state index contributed by atoms with van der Waals surface area (Å²) in [5, 5.41) is 5.49. The predicted octanol–water partition coefficient (Wildman–Crippen LogP) is 3.68. The summed E-state index contributed by atoms with van der Waals surface area (Å²) in [6.07, 6.45) is 0. The molecule has 0 spiro atoms. The number of fused-ring (bicyclic) bond motifs is 1. The largest absolute Gasteiger partial charge is 0.373 e. The molecule has 2 aromatic carbocycles. The van der Waals surface area contributed by atoms with Gasteiger partial charge in [-0.3, -0.25) is 4.79 Å². The van der Waals surface area contributed by atoms with Gasteiger partial charge in [-0.2, -0.15) is 0 Å². The van der Waals surface area contributed by atoms with Crippen molar-refractivity contribution in [3.63, 3.8) is 0 Å².